The molecule has 1 heterocycles. The molecular weight excluding hydrogens is 426 g/mol. The molecule has 2 aromatic rings. The van der Waals surface area contributed by atoms with Crippen molar-refractivity contribution in [3.63, 3.8) is 0 Å². The van der Waals surface area contributed by atoms with Gasteiger partial charge in [0.05, 0.1) is 32.3 Å². The van der Waals surface area contributed by atoms with E-state index in [9.17, 15) is 8.42 Å². The third-order valence-corrected chi connectivity index (χ3v) is 6.78. The summed E-state index contributed by atoms with van der Waals surface area (Å²) in [6.07, 6.45) is 0. The zero-order chi connectivity index (χ0) is 21.6. The zero-order valence-corrected chi connectivity index (χ0v) is 18.5. The normalized spacial score (nSPS) is 14.7. The summed E-state index contributed by atoms with van der Waals surface area (Å²) in [5.74, 6) is 1.31. The monoisotopic (exact) mass is 451 g/mol. The van der Waals surface area contributed by atoms with Gasteiger partial charge in [-0.25, -0.2) is 8.42 Å². The molecule has 0 amide bonds. The van der Waals surface area contributed by atoms with Gasteiger partial charge >= 0.3 is 0 Å². The number of methoxy groups -OCH3 is 2. The Bertz CT molecular complexity index is 974. The fourth-order valence-corrected chi connectivity index (χ4v) is 4.59. The average molecular weight is 452 g/mol. The number of thiocarbonyl (C=S) groups is 1. The lowest BCUT2D eigenvalue weighted by molar-refractivity contribution is 0.0730. The highest BCUT2D eigenvalue weighted by molar-refractivity contribution is 7.89. The number of nitrogens with one attached hydrogen (secondary N) is 2. The highest BCUT2D eigenvalue weighted by atomic mass is 32.2. The number of nitrogens with zero attached hydrogens (tertiary/aromatic N) is 1. The van der Waals surface area contributed by atoms with Gasteiger partial charge in [-0.3, -0.25) is 0 Å². The lowest BCUT2D eigenvalue weighted by Crippen LogP contribution is -2.40. The number of ether oxygens (including phenoxy) is 3. The molecule has 1 aliphatic heterocycles. The third kappa shape index (κ3) is 5.39. The molecule has 0 spiro atoms. The Kier molecular flexibility index (Phi) is 7.48. The first-order valence-electron chi connectivity index (χ1n) is 9.38. The molecule has 10 heteroatoms. The summed E-state index contributed by atoms with van der Waals surface area (Å²) in [4.78, 5) is 0.249. The van der Waals surface area contributed by atoms with Gasteiger partial charge in [0.2, 0.25) is 10.0 Å². The minimum Gasteiger partial charge on any atom is -0.493 e. The number of rotatable bonds is 7. The van der Waals surface area contributed by atoms with E-state index in [0.717, 1.165) is 5.56 Å². The van der Waals surface area contributed by atoms with E-state index in [1.54, 1.807) is 38.5 Å². The van der Waals surface area contributed by atoms with Crippen LogP contribution in [0.15, 0.2) is 47.4 Å². The van der Waals surface area contributed by atoms with Crippen molar-refractivity contribution in [3.05, 3.63) is 48.0 Å². The first kappa shape index (κ1) is 22.3. The molecule has 0 unspecified atom stereocenters. The molecule has 2 aromatic carbocycles. The summed E-state index contributed by atoms with van der Waals surface area (Å²) in [6, 6.07) is 12.2. The van der Waals surface area contributed by atoms with Crippen LogP contribution in [0, 0.1) is 0 Å². The van der Waals surface area contributed by atoms with Gasteiger partial charge in [0, 0.05) is 25.3 Å². The molecule has 0 aliphatic carbocycles. The van der Waals surface area contributed by atoms with Crippen molar-refractivity contribution in [1.82, 2.24) is 9.62 Å². The lowest BCUT2D eigenvalue weighted by atomic mass is 10.2. The Morgan fingerprint density at radius 2 is 1.73 bits per heavy atom. The van der Waals surface area contributed by atoms with Crippen LogP contribution in [-0.2, 0) is 21.3 Å². The van der Waals surface area contributed by atoms with E-state index >= 15 is 0 Å². The van der Waals surface area contributed by atoms with Crippen molar-refractivity contribution >= 4 is 33.0 Å². The molecule has 0 radical (unpaired) electrons. The molecule has 8 nitrogen and oxygen atoms in total. The first-order valence-corrected chi connectivity index (χ1v) is 11.2. The quantitative estimate of drug-likeness (QED) is 0.620. The Labute approximate surface area is 182 Å². The summed E-state index contributed by atoms with van der Waals surface area (Å²) < 4.78 is 42.5. The second-order valence-corrected chi connectivity index (χ2v) is 8.88. The van der Waals surface area contributed by atoms with Crippen molar-refractivity contribution in [2.75, 3.05) is 45.8 Å². The molecule has 162 valence electrons. The van der Waals surface area contributed by atoms with Crippen LogP contribution in [-0.4, -0.2) is 58.4 Å². The fraction of sp³-hybridized carbons (Fsp3) is 0.350. The van der Waals surface area contributed by atoms with Crippen LogP contribution in [0.5, 0.6) is 11.5 Å². The van der Waals surface area contributed by atoms with Gasteiger partial charge < -0.3 is 24.8 Å². The average Bonchev–Trinajstić information content (AvgIpc) is 2.78. The van der Waals surface area contributed by atoms with Crippen molar-refractivity contribution in [2.24, 2.45) is 0 Å². The SMILES string of the molecule is COc1ccc(CNC(=S)Nc2ccc(S(=O)(=O)N3CCOCC3)cc2)cc1OC. The molecule has 3 rings (SSSR count). The maximum atomic E-state index is 12.7. The van der Waals surface area contributed by atoms with Crippen molar-refractivity contribution in [1.29, 1.82) is 0 Å². The molecule has 2 N–H and O–H groups in total. The molecule has 0 bridgehead atoms. The molecule has 1 saturated heterocycles. The van der Waals surface area contributed by atoms with Gasteiger partial charge in [-0.15, -0.1) is 0 Å². The summed E-state index contributed by atoms with van der Waals surface area (Å²) in [5.41, 5.74) is 1.67. The maximum absolute atomic E-state index is 12.7. The number of anilines is 1. The number of benzene rings is 2. The van der Waals surface area contributed by atoms with Gasteiger partial charge in [0.25, 0.3) is 0 Å². The molecule has 30 heavy (non-hydrogen) atoms. The number of morpholine rings is 1. The number of hydrogen-bond acceptors (Lipinski definition) is 6. The molecular formula is C20H25N3O5S2. The van der Waals surface area contributed by atoms with Gasteiger partial charge in [-0.1, -0.05) is 6.07 Å². The van der Waals surface area contributed by atoms with Crippen LogP contribution in [0.2, 0.25) is 0 Å². The maximum Gasteiger partial charge on any atom is 0.243 e. The van der Waals surface area contributed by atoms with Crippen LogP contribution in [0.25, 0.3) is 0 Å². The molecule has 0 aromatic heterocycles. The molecule has 0 atom stereocenters. The van der Waals surface area contributed by atoms with Crippen molar-refractivity contribution in [2.45, 2.75) is 11.4 Å². The Hall–Kier alpha value is -2.40. The third-order valence-electron chi connectivity index (χ3n) is 4.62. The highest BCUT2D eigenvalue weighted by Gasteiger charge is 2.26. The Morgan fingerprint density at radius 1 is 1.07 bits per heavy atom. The summed E-state index contributed by atoms with van der Waals surface area (Å²) in [6.45, 7) is 2.06. The molecule has 1 fully saturated rings. The predicted octanol–water partition coefficient (Wildman–Crippen LogP) is 2.21. The van der Waals surface area contributed by atoms with Crippen LogP contribution in [0.1, 0.15) is 5.56 Å². The summed E-state index contributed by atoms with van der Waals surface area (Å²) in [5, 5.41) is 6.60. The second kappa shape index (κ2) is 10.1. The van der Waals surface area contributed by atoms with E-state index in [-0.39, 0.29) is 4.90 Å². The number of sulfonamides is 1. The molecule has 0 saturated carbocycles. The second-order valence-electron chi connectivity index (χ2n) is 6.54. The topological polar surface area (TPSA) is 89.1 Å². The van der Waals surface area contributed by atoms with Crippen molar-refractivity contribution < 1.29 is 22.6 Å². The van der Waals surface area contributed by atoms with Gasteiger partial charge in [-0.2, -0.15) is 4.31 Å². The first-order chi connectivity index (χ1) is 14.4. The fourth-order valence-electron chi connectivity index (χ4n) is 2.99. The summed E-state index contributed by atoms with van der Waals surface area (Å²) >= 11 is 5.34. The van der Waals surface area contributed by atoms with Gasteiger partial charge in [0.1, 0.15) is 0 Å². The van der Waals surface area contributed by atoms with E-state index < -0.39 is 10.0 Å². The van der Waals surface area contributed by atoms with E-state index in [4.69, 9.17) is 26.4 Å². The minimum atomic E-state index is -3.51. The lowest BCUT2D eigenvalue weighted by Gasteiger charge is -2.26. The van der Waals surface area contributed by atoms with Crippen LogP contribution < -0.4 is 20.1 Å². The minimum absolute atomic E-state index is 0.249. The predicted molar refractivity (Wildman–Crippen MR) is 119 cm³/mol. The zero-order valence-electron chi connectivity index (χ0n) is 16.9. The van der Waals surface area contributed by atoms with Gasteiger partial charge in [-0.05, 0) is 54.2 Å². The van der Waals surface area contributed by atoms with E-state index in [1.165, 1.54) is 4.31 Å². The highest BCUT2D eigenvalue weighted by Crippen LogP contribution is 2.27. The largest absolute Gasteiger partial charge is 0.493 e. The van der Waals surface area contributed by atoms with E-state index in [2.05, 4.69) is 10.6 Å². The van der Waals surface area contributed by atoms with Crippen LogP contribution in [0.4, 0.5) is 5.69 Å². The Balaban J connectivity index is 1.57. The van der Waals surface area contributed by atoms with E-state index in [0.29, 0.717) is 55.1 Å². The molecule has 1 aliphatic rings. The summed E-state index contributed by atoms with van der Waals surface area (Å²) in [7, 11) is -0.334. The van der Waals surface area contributed by atoms with E-state index in [1.807, 2.05) is 18.2 Å². The smallest absolute Gasteiger partial charge is 0.243 e. The standard InChI is InChI=1S/C20H25N3O5S2/c1-26-18-8-3-15(13-19(18)27-2)14-21-20(29)22-16-4-6-17(7-5-16)30(24,25)23-9-11-28-12-10-23/h3-8,13H,9-12,14H2,1-2H3,(H2,21,22,29). The van der Waals surface area contributed by atoms with Crippen LogP contribution >= 0.6 is 12.2 Å². The van der Waals surface area contributed by atoms with Crippen LogP contribution in [0.3, 0.4) is 0 Å². The Morgan fingerprint density at radius 3 is 2.37 bits per heavy atom. The number of hydrogen-bond donors (Lipinski definition) is 2. The van der Waals surface area contributed by atoms with Gasteiger partial charge in [0.15, 0.2) is 16.6 Å². The van der Waals surface area contributed by atoms with Crippen molar-refractivity contribution in [3.8, 4) is 11.5 Å².